The zero-order valence-corrected chi connectivity index (χ0v) is 19.9. The fraction of sp³-hybridized carbons (Fsp3) is 0.545. The third-order valence-electron chi connectivity index (χ3n) is 6.18. The minimum Gasteiger partial charge on any atom is -0.481 e. The van der Waals surface area contributed by atoms with Crippen LogP contribution in [0.15, 0.2) is 24.3 Å². The summed E-state index contributed by atoms with van der Waals surface area (Å²) in [6.45, 7) is 0. The summed E-state index contributed by atoms with van der Waals surface area (Å²) < 4.78 is 40.5. The van der Waals surface area contributed by atoms with Gasteiger partial charge < -0.3 is 36.8 Å². The van der Waals surface area contributed by atoms with E-state index in [-0.39, 0.29) is 24.0 Å². The molecular weight excluding hydrogens is 519 g/mol. The molecule has 1 aliphatic rings. The number of carbonyl (C=O) groups excluding carboxylic acids is 2. The number of rotatable bonds is 12. The topological polar surface area (TPSA) is 237 Å². The first kappa shape index (κ1) is 30.9. The minimum absolute atomic E-state index is 0.00453. The molecule has 0 spiro atoms. The minimum atomic E-state index is -5.44. The number of aliphatic carboxylic acids is 2. The molecule has 13 nitrogen and oxygen atoms in total. The Bertz CT molecular complexity index is 1020. The summed E-state index contributed by atoms with van der Waals surface area (Å²) in [4.78, 5) is 46.5. The average molecular weight is 550 g/mol. The monoisotopic (exact) mass is 549 g/mol. The Kier molecular flexibility index (Phi) is 10.2. The number of carboxylic acid groups (broad SMARTS) is 2. The molecule has 1 aliphatic heterocycles. The van der Waals surface area contributed by atoms with Gasteiger partial charge in [-0.05, 0) is 37.0 Å². The number of halogens is 3. The molecule has 0 aliphatic carbocycles. The van der Waals surface area contributed by atoms with Crippen LogP contribution in [0.2, 0.25) is 0 Å². The van der Waals surface area contributed by atoms with Crippen LogP contribution in [0.3, 0.4) is 0 Å². The van der Waals surface area contributed by atoms with E-state index in [1.165, 1.54) is 0 Å². The summed E-state index contributed by atoms with van der Waals surface area (Å²) in [5.41, 5.74) is 11.0. The molecule has 5 unspecified atom stereocenters. The van der Waals surface area contributed by atoms with E-state index in [9.17, 15) is 47.7 Å². The number of carbonyl (C=O) groups is 4. The number of alkyl halides is 3. The van der Waals surface area contributed by atoms with Gasteiger partial charge in [-0.1, -0.05) is 18.6 Å². The average Bonchev–Trinajstić information content (AvgIpc) is 2.79. The van der Waals surface area contributed by atoms with Crippen molar-refractivity contribution in [1.29, 1.82) is 0 Å². The molecule has 5 atom stereocenters. The van der Waals surface area contributed by atoms with E-state index in [1.54, 1.807) is 0 Å². The van der Waals surface area contributed by atoms with Crippen molar-refractivity contribution in [3.8, 4) is 0 Å². The third-order valence-corrected chi connectivity index (χ3v) is 6.18. The number of amides is 2. The molecule has 0 saturated carbocycles. The zero-order chi connectivity index (χ0) is 28.8. The Morgan fingerprint density at radius 2 is 1.66 bits per heavy atom. The van der Waals surface area contributed by atoms with E-state index in [4.69, 9.17) is 16.6 Å². The van der Waals surface area contributed by atoms with Crippen molar-refractivity contribution in [3.05, 3.63) is 35.4 Å². The lowest BCUT2D eigenvalue weighted by Crippen LogP contribution is -2.67. The van der Waals surface area contributed by atoms with E-state index in [0.29, 0.717) is 0 Å². The van der Waals surface area contributed by atoms with Crippen molar-refractivity contribution in [3.63, 3.8) is 0 Å². The number of nitrogens with two attached hydrogens (primary N) is 2. The van der Waals surface area contributed by atoms with Crippen molar-refractivity contribution in [1.82, 2.24) is 16.0 Å². The fourth-order valence-corrected chi connectivity index (χ4v) is 4.07. The number of benzene rings is 1. The number of carboxylic acids is 2. The molecular formula is C22H30F3N5O8. The van der Waals surface area contributed by atoms with Gasteiger partial charge >= 0.3 is 18.1 Å². The highest BCUT2D eigenvalue weighted by Gasteiger charge is 2.58. The molecule has 0 aromatic heterocycles. The Morgan fingerprint density at radius 1 is 1.05 bits per heavy atom. The van der Waals surface area contributed by atoms with Crippen molar-refractivity contribution in [2.45, 2.75) is 68.5 Å². The molecule has 212 valence electrons. The lowest BCUT2D eigenvalue weighted by Gasteiger charge is -2.35. The highest BCUT2D eigenvalue weighted by molar-refractivity contribution is 5.96. The SMILES string of the molecule is NC1NC(=O)C(CCCC(c2ccc(C(=O)NC(CCC(=O)O)C(=O)O)cc2)C(O)(O)C(F)(F)F)C(N)N1. The predicted octanol–water partition coefficient (Wildman–Crippen LogP) is -0.906. The van der Waals surface area contributed by atoms with Gasteiger partial charge in [0.1, 0.15) is 12.3 Å². The van der Waals surface area contributed by atoms with E-state index in [2.05, 4.69) is 16.0 Å². The van der Waals surface area contributed by atoms with Crippen molar-refractivity contribution < 1.29 is 52.8 Å². The maximum Gasteiger partial charge on any atom is 0.443 e. The molecule has 16 heteroatoms. The number of nitrogens with one attached hydrogen (secondary N) is 3. The van der Waals surface area contributed by atoms with Crippen LogP contribution in [0.5, 0.6) is 0 Å². The third kappa shape index (κ3) is 7.84. The van der Waals surface area contributed by atoms with E-state index >= 15 is 0 Å². The Balaban J connectivity index is 2.18. The van der Waals surface area contributed by atoms with E-state index in [0.717, 1.165) is 24.3 Å². The lowest BCUT2D eigenvalue weighted by atomic mass is 9.83. The van der Waals surface area contributed by atoms with Gasteiger partial charge in [0.15, 0.2) is 0 Å². The summed E-state index contributed by atoms with van der Waals surface area (Å²) in [5, 5.41) is 45.1. The molecule has 0 bridgehead atoms. The van der Waals surface area contributed by atoms with Gasteiger partial charge in [-0.2, -0.15) is 13.2 Å². The first-order valence-electron chi connectivity index (χ1n) is 11.5. The molecule has 0 radical (unpaired) electrons. The predicted molar refractivity (Wildman–Crippen MR) is 123 cm³/mol. The summed E-state index contributed by atoms with van der Waals surface area (Å²) in [6.07, 6.45) is -8.62. The maximum atomic E-state index is 13.5. The largest absolute Gasteiger partial charge is 0.481 e. The lowest BCUT2D eigenvalue weighted by molar-refractivity contribution is -0.359. The number of hydrogen-bond donors (Lipinski definition) is 9. The van der Waals surface area contributed by atoms with Gasteiger partial charge in [-0.3, -0.25) is 25.4 Å². The molecule has 2 rings (SSSR count). The van der Waals surface area contributed by atoms with Crippen LogP contribution in [-0.2, 0) is 14.4 Å². The second-order valence-corrected chi connectivity index (χ2v) is 8.91. The quantitative estimate of drug-likeness (QED) is 0.145. The van der Waals surface area contributed by atoms with Crippen LogP contribution in [-0.4, -0.2) is 74.6 Å². The molecule has 2 amide bonds. The summed E-state index contributed by atoms with van der Waals surface area (Å²) >= 11 is 0. The fourth-order valence-electron chi connectivity index (χ4n) is 4.07. The summed E-state index contributed by atoms with van der Waals surface area (Å²) in [5.74, 6) is -11.1. The summed E-state index contributed by atoms with van der Waals surface area (Å²) in [6, 6.07) is 2.72. The van der Waals surface area contributed by atoms with Crippen LogP contribution in [0.4, 0.5) is 13.2 Å². The van der Waals surface area contributed by atoms with Gasteiger partial charge in [-0.15, -0.1) is 0 Å². The molecule has 1 heterocycles. The van der Waals surface area contributed by atoms with Gasteiger partial charge in [-0.25, -0.2) is 4.79 Å². The first-order chi connectivity index (χ1) is 17.5. The second-order valence-electron chi connectivity index (χ2n) is 8.91. The van der Waals surface area contributed by atoms with Gasteiger partial charge in [0.05, 0.1) is 12.1 Å². The first-order valence-corrected chi connectivity index (χ1v) is 11.5. The number of aliphatic hydroxyl groups is 2. The van der Waals surface area contributed by atoms with E-state index < -0.39 is 85.3 Å². The molecule has 1 aromatic carbocycles. The zero-order valence-electron chi connectivity index (χ0n) is 19.9. The molecule has 11 N–H and O–H groups in total. The van der Waals surface area contributed by atoms with Crippen LogP contribution in [0.1, 0.15) is 53.9 Å². The smallest absolute Gasteiger partial charge is 0.443 e. The van der Waals surface area contributed by atoms with Gasteiger partial charge in [0, 0.05) is 17.9 Å². The van der Waals surface area contributed by atoms with Crippen LogP contribution in [0, 0.1) is 5.92 Å². The van der Waals surface area contributed by atoms with E-state index in [1.807, 2.05) is 0 Å². The highest BCUT2D eigenvalue weighted by atomic mass is 19.4. The number of hydrogen-bond acceptors (Lipinski definition) is 9. The van der Waals surface area contributed by atoms with Gasteiger partial charge in [0.2, 0.25) is 5.91 Å². The highest BCUT2D eigenvalue weighted by Crippen LogP contribution is 2.42. The van der Waals surface area contributed by atoms with Crippen LogP contribution >= 0.6 is 0 Å². The molecule has 1 saturated heterocycles. The van der Waals surface area contributed by atoms with Crippen molar-refractivity contribution >= 4 is 23.8 Å². The maximum absolute atomic E-state index is 13.5. The Morgan fingerprint density at radius 3 is 2.16 bits per heavy atom. The normalized spacial score (nSPS) is 21.8. The second kappa shape index (κ2) is 12.5. The Labute approximate surface area is 214 Å². The van der Waals surface area contributed by atoms with Gasteiger partial charge in [0.25, 0.3) is 11.7 Å². The van der Waals surface area contributed by atoms with Crippen LogP contribution < -0.4 is 27.4 Å². The Hall–Kier alpha value is -3.31. The van der Waals surface area contributed by atoms with Crippen LogP contribution in [0.25, 0.3) is 0 Å². The molecule has 38 heavy (non-hydrogen) atoms. The van der Waals surface area contributed by atoms with Crippen molar-refractivity contribution in [2.24, 2.45) is 17.4 Å². The summed E-state index contributed by atoms with van der Waals surface area (Å²) in [7, 11) is 0. The molecule has 1 fully saturated rings. The van der Waals surface area contributed by atoms with Crippen molar-refractivity contribution in [2.75, 3.05) is 0 Å². The molecule has 1 aromatic rings. The standard InChI is InChI=1S/C22H30F3N5O8/c23-22(24,25)21(37,38)13(3-1-2-12-16(26)29-20(27)30-18(12)34)10-4-6-11(7-5-10)17(33)28-14(19(35)36)8-9-15(31)32/h4-7,12-14,16,20,29,37-38H,1-3,8-9,26-27H2,(H,28,33)(H,30,34)(H,31,32)(H,35,36).